The molecule has 0 radical (unpaired) electrons. The summed E-state index contributed by atoms with van der Waals surface area (Å²) in [6, 6.07) is 0.426. The molecule has 82 valence electrons. The average molecular weight is 224 g/mol. The summed E-state index contributed by atoms with van der Waals surface area (Å²) in [6.07, 6.45) is 3.47. The van der Waals surface area contributed by atoms with Gasteiger partial charge in [-0.1, -0.05) is 24.4 Å². The van der Waals surface area contributed by atoms with E-state index in [-0.39, 0.29) is 0 Å². The zero-order valence-electron chi connectivity index (χ0n) is 9.10. The fourth-order valence-electron chi connectivity index (χ4n) is 1.94. The minimum atomic E-state index is 0.348. The van der Waals surface area contributed by atoms with Crippen LogP contribution in [0.3, 0.4) is 0 Å². The van der Waals surface area contributed by atoms with Gasteiger partial charge in [-0.25, -0.2) is 4.68 Å². The Balaban J connectivity index is 2.34. The van der Waals surface area contributed by atoms with Gasteiger partial charge in [0.2, 0.25) is 0 Å². The van der Waals surface area contributed by atoms with Gasteiger partial charge in [-0.05, 0) is 32.1 Å². The van der Waals surface area contributed by atoms with E-state index >= 15 is 0 Å². The van der Waals surface area contributed by atoms with Crippen molar-refractivity contribution in [3.05, 3.63) is 11.4 Å². The Morgan fingerprint density at radius 2 is 2.33 bits per heavy atom. The lowest BCUT2D eigenvalue weighted by molar-refractivity contribution is 0.416. The second-order valence-electron chi connectivity index (χ2n) is 4.13. The molecule has 1 saturated carbocycles. The number of rotatable bonds is 4. The first-order chi connectivity index (χ1) is 7.15. The van der Waals surface area contributed by atoms with Crippen molar-refractivity contribution in [2.24, 2.45) is 11.7 Å². The van der Waals surface area contributed by atoms with Crippen LogP contribution >= 0.6 is 12.2 Å². The Bertz CT molecular complexity index is 381. The molecule has 1 aliphatic rings. The molecule has 0 spiro atoms. The quantitative estimate of drug-likeness (QED) is 0.786. The highest BCUT2D eigenvalue weighted by Gasteiger charge is 2.31. The SMILES string of the molecule is CCc1c(C(N)=S)nnn1C(C)C1CC1. The van der Waals surface area contributed by atoms with Crippen LogP contribution in [-0.2, 0) is 6.42 Å². The molecule has 0 amide bonds. The second-order valence-corrected chi connectivity index (χ2v) is 4.56. The summed E-state index contributed by atoms with van der Waals surface area (Å²) in [7, 11) is 0. The smallest absolute Gasteiger partial charge is 0.143 e. The Morgan fingerprint density at radius 1 is 1.67 bits per heavy atom. The van der Waals surface area contributed by atoms with Gasteiger partial charge in [0.15, 0.2) is 0 Å². The maximum atomic E-state index is 5.61. The van der Waals surface area contributed by atoms with Crippen molar-refractivity contribution in [2.45, 2.75) is 39.2 Å². The fraction of sp³-hybridized carbons (Fsp3) is 0.700. The molecule has 0 saturated heterocycles. The summed E-state index contributed by atoms with van der Waals surface area (Å²) in [5.74, 6) is 0.760. The van der Waals surface area contributed by atoms with Gasteiger partial charge in [0.1, 0.15) is 10.7 Å². The topological polar surface area (TPSA) is 56.7 Å². The van der Waals surface area contributed by atoms with Gasteiger partial charge in [-0.2, -0.15) is 0 Å². The molecule has 1 aliphatic carbocycles. The van der Waals surface area contributed by atoms with Crippen LogP contribution in [0.1, 0.15) is 44.1 Å². The minimum absolute atomic E-state index is 0.348. The van der Waals surface area contributed by atoms with Gasteiger partial charge < -0.3 is 5.73 Å². The van der Waals surface area contributed by atoms with E-state index in [1.165, 1.54) is 12.8 Å². The molecular formula is C10H16N4S. The monoisotopic (exact) mass is 224 g/mol. The lowest BCUT2D eigenvalue weighted by Gasteiger charge is -2.13. The minimum Gasteiger partial charge on any atom is -0.388 e. The molecule has 1 unspecified atom stereocenters. The van der Waals surface area contributed by atoms with Crippen LogP contribution in [0.5, 0.6) is 0 Å². The molecule has 2 N–H and O–H groups in total. The Hall–Kier alpha value is -0.970. The van der Waals surface area contributed by atoms with E-state index in [9.17, 15) is 0 Å². The van der Waals surface area contributed by atoms with Crippen molar-refractivity contribution >= 4 is 17.2 Å². The molecule has 1 aromatic rings. The van der Waals surface area contributed by atoms with Crippen molar-refractivity contribution in [1.29, 1.82) is 0 Å². The van der Waals surface area contributed by atoms with E-state index in [1.807, 2.05) is 4.68 Å². The third-order valence-corrected chi connectivity index (χ3v) is 3.24. The first-order valence-electron chi connectivity index (χ1n) is 5.39. The van der Waals surface area contributed by atoms with Gasteiger partial charge in [0.05, 0.1) is 11.7 Å². The molecule has 1 fully saturated rings. The van der Waals surface area contributed by atoms with Crippen molar-refractivity contribution in [3.8, 4) is 0 Å². The Labute approximate surface area is 94.8 Å². The van der Waals surface area contributed by atoms with E-state index in [0.29, 0.717) is 16.7 Å². The number of aromatic nitrogens is 3. The number of nitrogens with zero attached hydrogens (tertiary/aromatic N) is 3. The van der Waals surface area contributed by atoms with Gasteiger partial charge in [0, 0.05) is 0 Å². The summed E-state index contributed by atoms with van der Waals surface area (Å²) < 4.78 is 1.99. The molecule has 5 heteroatoms. The van der Waals surface area contributed by atoms with E-state index in [0.717, 1.165) is 18.0 Å². The zero-order valence-corrected chi connectivity index (χ0v) is 9.92. The summed E-state index contributed by atoms with van der Waals surface area (Å²) in [5.41, 5.74) is 7.38. The van der Waals surface area contributed by atoms with Crippen molar-refractivity contribution in [3.63, 3.8) is 0 Å². The second kappa shape index (κ2) is 3.89. The lowest BCUT2D eigenvalue weighted by atomic mass is 10.2. The normalized spacial score (nSPS) is 17.7. The Kier molecular flexibility index (Phi) is 2.73. The molecule has 1 atom stereocenters. The molecular weight excluding hydrogens is 208 g/mol. The van der Waals surface area contributed by atoms with Crippen LogP contribution in [0.2, 0.25) is 0 Å². The molecule has 1 aromatic heterocycles. The van der Waals surface area contributed by atoms with Gasteiger partial charge in [-0.3, -0.25) is 0 Å². The van der Waals surface area contributed by atoms with E-state index < -0.39 is 0 Å². The van der Waals surface area contributed by atoms with Crippen molar-refractivity contribution in [2.75, 3.05) is 0 Å². The molecule has 0 aliphatic heterocycles. The summed E-state index contributed by atoms with van der Waals surface area (Å²) in [4.78, 5) is 0.348. The van der Waals surface area contributed by atoms with Crippen LogP contribution in [-0.4, -0.2) is 20.0 Å². The Morgan fingerprint density at radius 3 is 2.80 bits per heavy atom. The van der Waals surface area contributed by atoms with Crippen LogP contribution in [0, 0.1) is 5.92 Å². The largest absolute Gasteiger partial charge is 0.388 e. The molecule has 1 heterocycles. The van der Waals surface area contributed by atoms with Crippen LogP contribution in [0.25, 0.3) is 0 Å². The third-order valence-electron chi connectivity index (χ3n) is 3.05. The van der Waals surface area contributed by atoms with Crippen molar-refractivity contribution < 1.29 is 0 Å². The predicted molar refractivity (Wildman–Crippen MR) is 62.7 cm³/mol. The average Bonchev–Trinajstić information content (AvgIpc) is 2.95. The first kappa shape index (κ1) is 10.5. The van der Waals surface area contributed by atoms with Crippen LogP contribution in [0.15, 0.2) is 0 Å². The lowest BCUT2D eigenvalue weighted by Crippen LogP contribution is -2.16. The molecule has 4 nitrogen and oxygen atoms in total. The van der Waals surface area contributed by atoms with Gasteiger partial charge >= 0.3 is 0 Å². The summed E-state index contributed by atoms with van der Waals surface area (Å²) in [5, 5.41) is 8.23. The maximum Gasteiger partial charge on any atom is 0.143 e. The molecule has 0 aromatic carbocycles. The van der Waals surface area contributed by atoms with Gasteiger partial charge in [-0.15, -0.1) is 5.10 Å². The molecule has 0 bridgehead atoms. The van der Waals surface area contributed by atoms with E-state index in [2.05, 4.69) is 24.2 Å². The highest BCUT2D eigenvalue weighted by atomic mass is 32.1. The van der Waals surface area contributed by atoms with Crippen LogP contribution in [0.4, 0.5) is 0 Å². The summed E-state index contributed by atoms with van der Waals surface area (Å²) >= 11 is 4.96. The van der Waals surface area contributed by atoms with Crippen molar-refractivity contribution in [1.82, 2.24) is 15.0 Å². The van der Waals surface area contributed by atoms with E-state index in [1.54, 1.807) is 0 Å². The van der Waals surface area contributed by atoms with E-state index in [4.69, 9.17) is 18.0 Å². The predicted octanol–water partition coefficient (Wildman–Crippen LogP) is 1.45. The number of hydrogen-bond acceptors (Lipinski definition) is 3. The highest BCUT2D eigenvalue weighted by Crippen LogP contribution is 2.39. The maximum absolute atomic E-state index is 5.61. The summed E-state index contributed by atoms with van der Waals surface area (Å²) in [6.45, 7) is 4.27. The zero-order chi connectivity index (χ0) is 11.0. The number of thiocarbonyl (C=S) groups is 1. The third kappa shape index (κ3) is 1.88. The fourth-order valence-corrected chi connectivity index (χ4v) is 2.10. The number of nitrogens with two attached hydrogens (primary N) is 1. The highest BCUT2D eigenvalue weighted by molar-refractivity contribution is 7.80. The molecule has 15 heavy (non-hydrogen) atoms. The van der Waals surface area contributed by atoms with Crippen LogP contribution < -0.4 is 5.73 Å². The number of hydrogen-bond donors (Lipinski definition) is 1. The first-order valence-corrected chi connectivity index (χ1v) is 5.79. The molecule has 2 rings (SSSR count). The standard InChI is InChI=1S/C10H16N4S/c1-3-8-9(10(11)15)12-13-14(8)6(2)7-4-5-7/h6-7H,3-5H2,1-2H3,(H2,11,15). The van der Waals surface area contributed by atoms with Gasteiger partial charge in [0.25, 0.3) is 0 Å².